The summed E-state index contributed by atoms with van der Waals surface area (Å²) in [4.78, 5) is 46.4. The molecule has 1 fully saturated rings. The molecule has 2 aromatic heterocycles. The zero-order valence-electron chi connectivity index (χ0n) is 17.8. The fourth-order valence-electron chi connectivity index (χ4n) is 4.36. The van der Waals surface area contributed by atoms with E-state index in [0.29, 0.717) is 41.4 Å². The molecule has 2 aliphatic rings. The minimum absolute atomic E-state index is 0.0604. The van der Waals surface area contributed by atoms with Gasteiger partial charge in [-0.3, -0.25) is 23.9 Å². The molecule has 1 aliphatic carbocycles. The molecule has 166 valence electrons. The van der Waals surface area contributed by atoms with Gasteiger partial charge in [-0.15, -0.1) is 11.3 Å². The molecule has 0 N–H and O–H groups in total. The van der Waals surface area contributed by atoms with E-state index in [9.17, 15) is 14.4 Å². The van der Waals surface area contributed by atoms with Crippen molar-refractivity contribution in [3.05, 3.63) is 45.1 Å². The molecule has 0 unspecified atom stereocenters. The summed E-state index contributed by atoms with van der Waals surface area (Å²) in [5.74, 6) is 0.391. The van der Waals surface area contributed by atoms with Gasteiger partial charge < -0.3 is 4.74 Å². The average Bonchev–Trinajstić information content (AvgIpc) is 3.41. The first-order valence-corrected chi connectivity index (χ1v) is 12.5. The predicted molar refractivity (Wildman–Crippen MR) is 125 cm³/mol. The van der Waals surface area contributed by atoms with Crippen LogP contribution in [0.25, 0.3) is 15.9 Å². The normalized spacial score (nSPS) is 15.9. The minimum Gasteiger partial charge on any atom is -0.497 e. The first-order valence-electron chi connectivity index (χ1n) is 10.7. The smallest absolute Gasteiger partial charge is 0.267 e. The van der Waals surface area contributed by atoms with Crippen molar-refractivity contribution in [1.82, 2.24) is 14.5 Å². The summed E-state index contributed by atoms with van der Waals surface area (Å²) in [7, 11) is 1.60. The number of hydrogen-bond acceptors (Lipinski definition) is 7. The summed E-state index contributed by atoms with van der Waals surface area (Å²) in [6.45, 7) is 0.466. The Balaban J connectivity index is 1.58. The third-order valence-corrected chi connectivity index (χ3v) is 8.10. The molecular weight excluding hydrogens is 446 g/mol. The van der Waals surface area contributed by atoms with Crippen molar-refractivity contribution in [3.63, 3.8) is 0 Å². The van der Waals surface area contributed by atoms with Crippen molar-refractivity contribution < 1.29 is 14.3 Å². The fraction of sp³-hybridized carbons (Fsp3) is 0.391. The number of thioether (sulfide) groups is 1. The molecule has 9 heteroatoms. The Morgan fingerprint density at radius 2 is 1.91 bits per heavy atom. The highest BCUT2D eigenvalue weighted by atomic mass is 32.2. The van der Waals surface area contributed by atoms with Crippen LogP contribution in [0, 0.1) is 0 Å². The quantitative estimate of drug-likeness (QED) is 0.420. The highest BCUT2D eigenvalue weighted by Crippen LogP contribution is 2.35. The first-order chi connectivity index (χ1) is 15.6. The van der Waals surface area contributed by atoms with Crippen LogP contribution < -0.4 is 10.3 Å². The van der Waals surface area contributed by atoms with Gasteiger partial charge in [0, 0.05) is 17.8 Å². The van der Waals surface area contributed by atoms with Gasteiger partial charge in [0.05, 0.1) is 23.9 Å². The van der Waals surface area contributed by atoms with Gasteiger partial charge >= 0.3 is 0 Å². The number of fused-ring (bicyclic) bond motifs is 3. The lowest BCUT2D eigenvalue weighted by atomic mass is 9.97. The van der Waals surface area contributed by atoms with Crippen LogP contribution in [0.2, 0.25) is 0 Å². The van der Waals surface area contributed by atoms with Crippen LogP contribution in [0.5, 0.6) is 5.75 Å². The van der Waals surface area contributed by atoms with Gasteiger partial charge in [0.2, 0.25) is 11.8 Å². The number of methoxy groups -OCH3 is 1. The van der Waals surface area contributed by atoms with Gasteiger partial charge in [-0.2, -0.15) is 0 Å². The molecule has 5 rings (SSSR count). The Hall–Kier alpha value is -2.65. The van der Waals surface area contributed by atoms with Gasteiger partial charge in [-0.05, 0) is 61.9 Å². The van der Waals surface area contributed by atoms with E-state index in [1.54, 1.807) is 35.1 Å². The van der Waals surface area contributed by atoms with E-state index in [2.05, 4.69) is 0 Å². The molecule has 1 aromatic carbocycles. The zero-order valence-corrected chi connectivity index (χ0v) is 19.4. The third-order valence-electron chi connectivity index (χ3n) is 5.99. The van der Waals surface area contributed by atoms with Crippen LogP contribution in [0.15, 0.2) is 34.2 Å². The average molecular weight is 470 g/mol. The van der Waals surface area contributed by atoms with E-state index >= 15 is 0 Å². The van der Waals surface area contributed by atoms with Crippen molar-refractivity contribution in [2.45, 2.75) is 43.7 Å². The van der Waals surface area contributed by atoms with Crippen molar-refractivity contribution in [2.75, 3.05) is 19.4 Å². The van der Waals surface area contributed by atoms with Crippen LogP contribution in [0.4, 0.5) is 0 Å². The van der Waals surface area contributed by atoms with Crippen LogP contribution in [-0.4, -0.2) is 45.7 Å². The molecule has 0 saturated carbocycles. The summed E-state index contributed by atoms with van der Waals surface area (Å²) in [5, 5.41) is 1.16. The molecule has 0 atom stereocenters. The number of imide groups is 1. The molecular formula is C23H23N3O4S2. The number of carbonyl (C=O) groups excluding carboxylic acids is 2. The van der Waals surface area contributed by atoms with Gasteiger partial charge in [0.1, 0.15) is 10.6 Å². The third kappa shape index (κ3) is 3.73. The van der Waals surface area contributed by atoms with E-state index in [0.717, 1.165) is 36.1 Å². The van der Waals surface area contributed by atoms with Crippen molar-refractivity contribution >= 4 is 45.1 Å². The molecule has 7 nitrogen and oxygen atoms in total. The largest absolute Gasteiger partial charge is 0.497 e. The van der Waals surface area contributed by atoms with Crippen molar-refractivity contribution in [3.8, 4) is 11.4 Å². The Bertz CT molecular complexity index is 1260. The maximum atomic E-state index is 13.7. The zero-order chi connectivity index (χ0) is 22.2. The van der Waals surface area contributed by atoms with E-state index in [1.165, 1.54) is 21.5 Å². The number of carbonyl (C=O) groups is 2. The maximum absolute atomic E-state index is 13.7. The molecule has 1 saturated heterocycles. The molecule has 3 aromatic rings. The standard InChI is InChI=1S/C23H23N3O4S2/c1-30-15-10-8-14(9-11-15)26-22(29)20-16-5-2-3-6-17(16)32-21(20)24-23(26)31-13-19(28)25-12-4-7-18(25)27/h8-11H,2-7,12-13H2,1H3. The lowest BCUT2D eigenvalue weighted by Crippen LogP contribution is -2.33. The second-order valence-electron chi connectivity index (χ2n) is 7.96. The molecule has 2 amide bonds. The molecule has 3 heterocycles. The van der Waals surface area contributed by atoms with Crippen LogP contribution in [0.1, 0.15) is 36.1 Å². The number of hydrogen-bond donors (Lipinski definition) is 0. The number of aromatic nitrogens is 2. The van der Waals surface area contributed by atoms with Crippen molar-refractivity contribution in [2.24, 2.45) is 0 Å². The number of nitrogens with zero attached hydrogens (tertiary/aromatic N) is 3. The second kappa shape index (κ2) is 8.71. The Morgan fingerprint density at radius 3 is 2.62 bits per heavy atom. The summed E-state index contributed by atoms with van der Waals surface area (Å²) in [6, 6.07) is 7.25. The maximum Gasteiger partial charge on any atom is 0.267 e. The predicted octanol–water partition coefficient (Wildman–Crippen LogP) is 3.58. The van der Waals surface area contributed by atoms with Crippen LogP contribution >= 0.6 is 23.1 Å². The Labute approximate surface area is 193 Å². The summed E-state index contributed by atoms with van der Waals surface area (Å²) >= 11 is 2.80. The fourth-order valence-corrected chi connectivity index (χ4v) is 6.55. The Kier molecular flexibility index (Phi) is 5.77. The van der Waals surface area contributed by atoms with Crippen molar-refractivity contribution in [1.29, 1.82) is 0 Å². The lowest BCUT2D eigenvalue weighted by Gasteiger charge is -2.16. The lowest BCUT2D eigenvalue weighted by molar-refractivity contribution is -0.140. The number of ether oxygens (including phenoxy) is 1. The minimum atomic E-state index is -0.237. The first kappa shape index (κ1) is 21.2. The number of thiophene rings is 1. The molecule has 0 spiro atoms. The van der Waals surface area contributed by atoms with Crippen LogP contribution in [-0.2, 0) is 22.4 Å². The SMILES string of the molecule is COc1ccc(-n2c(SCC(=O)N3CCCC3=O)nc3sc4c(c3c2=O)CCCC4)cc1. The molecule has 32 heavy (non-hydrogen) atoms. The number of benzene rings is 1. The number of likely N-dealkylation sites (tertiary alicyclic amines) is 1. The molecule has 0 bridgehead atoms. The van der Waals surface area contributed by atoms with Gasteiger partial charge in [0.25, 0.3) is 5.56 Å². The summed E-state index contributed by atoms with van der Waals surface area (Å²) in [5.41, 5.74) is 1.70. The molecule has 1 aliphatic heterocycles. The van der Waals surface area contributed by atoms with E-state index in [1.807, 2.05) is 12.1 Å². The molecule has 0 radical (unpaired) electrons. The van der Waals surface area contributed by atoms with Gasteiger partial charge in [0.15, 0.2) is 5.16 Å². The summed E-state index contributed by atoms with van der Waals surface area (Å²) < 4.78 is 6.85. The number of rotatable bonds is 5. The van der Waals surface area contributed by atoms with E-state index < -0.39 is 0 Å². The highest BCUT2D eigenvalue weighted by Gasteiger charge is 2.28. The van der Waals surface area contributed by atoms with E-state index in [-0.39, 0.29) is 23.1 Å². The van der Waals surface area contributed by atoms with Gasteiger partial charge in [-0.1, -0.05) is 11.8 Å². The van der Waals surface area contributed by atoms with Crippen LogP contribution in [0.3, 0.4) is 0 Å². The topological polar surface area (TPSA) is 81.5 Å². The number of aryl methyl sites for hydroxylation is 2. The van der Waals surface area contributed by atoms with Gasteiger partial charge in [-0.25, -0.2) is 4.98 Å². The monoisotopic (exact) mass is 469 g/mol. The Morgan fingerprint density at radius 1 is 1.12 bits per heavy atom. The van der Waals surface area contributed by atoms with E-state index in [4.69, 9.17) is 9.72 Å². The second-order valence-corrected chi connectivity index (χ2v) is 9.98. The highest BCUT2D eigenvalue weighted by molar-refractivity contribution is 7.99. The summed E-state index contributed by atoms with van der Waals surface area (Å²) in [6.07, 6.45) is 5.21. The number of amides is 2.